The molecule has 5 heteroatoms. The van der Waals surface area contributed by atoms with E-state index in [-0.39, 0.29) is 10.9 Å². The molecule has 0 aliphatic carbocycles. The third-order valence-corrected chi connectivity index (χ3v) is 3.51. The highest BCUT2D eigenvalue weighted by atomic mass is 79.9. The Labute approximate surface area is 95.8 Å². The van der Waals surface area contributed by atoms with Gasteiger partial charge in [-0.1, -0.05) is 46.3 Å². The van der Waals surface area contributed by atoms with Crippen LogP contribution in [0.4, 0.5) is 0 Å². The summed E-state index contributed by atoms with van der Waals surface area (Å²) >= 11 is 3.40. The molecule has 15 heavy (non-hydrogen) atoms. The summed E-state index contributed by atoms with van der Waals surface area (Å²) in [5.41, 5.74) is 6.80. The monoisotopic (exact) mass is 270 g/mol. The number of carboxylic acid groups (broad SMARTS) is 1. The fourth-order valence-corrected chi connectivity index (χ4v) is 2.45. The SMILES string of the molecule is O=C(O)C1NNC(c2ccccc2)C1Br. The van der Waals surface area contributed by atoms with Crippen molar-refractivity contribution in [2.24, 2.45) is 0 Å². The number of hydrogen-bond acceptors (Lipinski definition) is 3. The summed E-state index contributed by atoms with van der Waals surface area (Å²) in [4.78, 5) is 10.7. The second kappa shape index (κ2) is 4.30. The molecule has 0 radical (unpaired) electrons. The average Bonchev–Trinajstić information content (AvgIpc) is 2.61. The Balaban J connectivity index is 2.17. The maximum atomic E-state index is 10.9. The predicted molar refractivity (Wildman–Crippen MR) is 59.6 cm³/mol. The number of rotatable bonds is 2. The van der Waals surface area contributed by atoms with Gasteiger partial charge >= 0.3 is 5.97 Å². The third-order valence-electron chi connectivity index (χ3n) is 2.46. The number of benzene rings is 1. The summed E-state index contributed by atoms with van der Waals surface area (Å²) in [6.07, 6.45) is 0. The van der Waals surface area contributed by atoms with Crippen LogP contribution in [0.1, 0.15) is 11.6 Å². The van der Waals surface area contributed by atoms with E-state index < -0.39 is 12.0 Å². The van der Waals surface area contributed by atoms with E-state index in [2.05, 4.69) is 26.8 Å². The number of hydrazine groups is 1. The van der Waals surface area contributed by atoms with Crippen LogP contribution in [-0.2, 0) is 4.79 Å². The predicted octanol–water partition coefficient (Wildman–Crippen LogP) is 1.05. The van der Waals surface area contributed by atoms with Crippen LogP contribution in [0.5, 0.6) is 0 Å². The second-order valence-corrected chi connectivity index (χ2v) is 4.49. The highest BCUT2D eigenvalue weighted by Crippen LogP contribution is 2.28. The van der Waals surface area contributed by atoms with E-state index in [1.54, 1.807) is 0 Å². The molecule has 3 unspecified atom stereocenters. The standard InChI is InChI=1S/C10H11BrN2O2/c11-7-8(6-4-2-1-3-5-6)12-13-9(7)10(14)15/h1-5,7-9,12-13H,(H,14,15). The van der Waals surface area contributed by atoms with Crippen LogP contribution in [0.2, 0.25) is 0 Å². The van der Waals surface area contributed by atoms with Crippen molar-refractivity contribution >= 4 is 21.9 Å². The van der Waals surface area contributed by atoms with Crippen molar-refractivity contribution in [3.05, 3.63) is 35.9 Å². The molecule has 80 valence electrons. The molecule has 1 aliphatic rings. The highest BCUT2D eigenvalue weighted by Gasteiger charge is 2.38. The first-order chi connectivity index (χ1) is 7.20. The first-order valence-corrected chi connectivity index (χ1v) is 5.54. The van der Waals surface area contributed by atoms with Crippen molar-refractivity contribution in [2.45, 2.75) is 16.9 Å². The molecule has 0 spiro atoms. The van der Waals surface area contributed by atoms with E-state index in [0.29, 0.717) is 0 Å². The minimum absolute atomic E-state index is 0.0210. The molecular formula is C10H11BrN2O2. The summed E-state index contributed by atoms with van der Waals surface area (Å²) in [5, 5.41) is 8.92. The first kappa shape index (κ1) is 10.6. The van der Waals surface area contributed by atoms with Crippen LogP contribution in [0, 0.1) is 0 Å². The van der Waals surface area contributed by atoms with Gasteiger partial charge in [-0.05, 0) is 5.56 Å². The largest absolute Gasteiger partial charge is 0.480 e. The molecule has 0 saturated carbocycles. The minimum atomic E-state index is -0.859. The maximum Gasteiger partial charge on any atom is 0.323 e. The van der Waals surface area contributed by atoms with E-state index in [9.17, 15) is 4.79 Å². The van der Waals surface area contributed by atoms with Crippen LogP contribution < -0.4 is 10.9 Å². The fourth-order valence-electron chi connectivity index (χ4n) is 1.66. The van der Waals surface area contributed by atoms with Crippen LogP contribution in [-0.4, -0.2) is 21.9 Å². The van der Waals surface area contributed by atoms with E-state index in [1.807, 2.05) is 30.3 Å². The van der Waals surface area contributed by atoms with Crippen LogP contribution in [0.25, 0.3) is 0 Å². The van der Waals surface area contributed by atoms with Crippen molar-refractivity contribution in [2.75, 3.05) is 0 Å². The van der Waals surface area contributed by atoms with E-state index in [4.69, 9.17) is 5.11 Å². The van der Waals surface area contributed by atoms with Gasteiger partial charge in [0.15, 0.2) is 0 Å². The van der Waals surface area contributed by atoms with Crippen LogP contribution in [0.15, 0.2) is 30.3 Å². The number of hydrogen-bond donors (Lipinski definition) is 3. The molecule has 0 aromatic heterocycles. The van der Waals surface area contributed by atoms with Gasteiger partial charge in [-0.15, -0.1) is 0 Å². The molecule has 1 aliphatic heterocycles. The molecule has 1 aromatic carbocycles. The van der Waals surface area contributed by atoms with Gasteiger partial charge in [-0.3, -0.25) is 4.79 Å². The summed E-state index contributed by atoms with van der Waals surface area (Å²) < 4.78 is 0. The van der Waals surface area contributed by atoms with Crippen LogP contribution in [0.3, 0.4) is 0 Å². The van der Waals surface area contributed by atoms with Crippen molar-refractivity contribution in [1.29, 1.82) is 0 Å². The molecule has 2 rings (SSSR count). The zero-order chi connectivity index (χ0) is 10.8. The van der Waals surface area contributed by atoms with Gasteiger partial charge in [0, 0.05) is 0 Å². The van der Waals surface area contributed by atoms with Crippen LogP contribution >= 0.6 is 15.9 Å². The number of carbonyl (C=O) groups is 1. The Morgan fingerprint density at radius 1 is 1.27 bits per heavy atom. The van der Waals surface area contributed by atoms with Gasteiger partial charge in [0.05, 0.1) is 10.9 Å². The third kappa shape index (κ3) is 2.04. The zero-order valence-electron chi connectivity index (χ0n) is 7.85. The first-order valence-electron chi connectivity index (χ1n) is 4.63. The molecule has 4 nitrogen and oxygen atoms in total. The van der Waals surface area contributed by atoms with Gasteiger partial charge < -0.3 is 5.11 Å². The molecule has 1 aromatic rings. The van der Waals surface area contributed by atoms with E-state index in [1.165, 1.54) is 0 Å². The lowest BCUT2D eigenvalue weighted by atomic mass is 10.0. The van der Waals surface area contributed by atoms with E-state index in [0.717, 1.165) is 5.56 Å². The van der Waals surface area contributed by atoms with Gasteiger partial charge in [-0.2, -0.15) is 0 Å². The molecular weight excluding hydrogens is 260 g/mol. The topological polar surface area (TPSA) is 61.4 Å². The van der Waals surface area contributed by atoms with Gasteiger partial charge in [-0.25, -0.2) is 10.9 Å². The summed E-state index contributed by atoms with van der Waals surface area (Å²) in [6.45, 7) is 0. The van der Waals surface area contributed by atoms with Gasteiger partial charge in [0.25, 0.3) is 0 Å². The zero-order valence-corrected chi connectivity index (χ0v) is 9.44. The highest BCUT2D eigenvalue weighted by molar-refractivity contribution is 9.09. The lowest BCUT2D eigenvalue weighted by Crippen LogP contribution is -2.38. The maximum absolute atomic E-state index is 10.9. The number of carboxylic acids is 1. The summed E-state index contributed by atoms with van der Waals surface area (Å²) in [6, 6.07) is 9.12. The minimum Gasteiger partial charge on any atom is -0.480 e. The smallest absolute Gasteiger partial charge is 0.323 e. The normalized spacial score (nSPS) is 30.3. The quantitative estimate of drug-likeness (QED) is 0.704. The van der Waals surface area contributed by atoms with Gasteiger partial charge in [0.1, 0.15) is 6.04 Å². The van der Waals surface area contributed by atoms with Gasteiger partial charge in [0.2, 0.25) is 0 Å². The lowest BCUT2D eigenvalue weighted by molar-refractivity contribution is -0.138. The summed E-state index contributed by atoms with van der Waals surface area (Å²) in [5.74, 6) is -0.859. The number of alkyl halides is 1. The van der Waals surface area contributed by atoms with Crippen molar-refractivity contribution in [3.63, 3.8) is 0 Å². The number of aliphatic carboxylic acids is 1. The van der Waals surface area contributed by atoms with Crippen molar-refractivity contribution < 1.29 is 9.90 Å². The summed E-state index contributed by atoms with van der Waals surface area (Å²) in [7, 11) is 0. The Bertz CT molecular complexity index is 358. The lowest BCUT2D eigenvalue weighted by Gasteiger charge is -2.14. The Kier molecular flexibility index (Phi) is 3.04. The Hall–Kier alpha value is -0.910. The van der Waals surface area contributed by atoms with Crippen molar-refractivity contribution in [3.8, 4) is 0 Å². The molecule has 3 atom stereocenters. The number of nitrogens with one attached hydrogen (secondary N) is 2. The molecule has 1 saturated heterocycles. The molecule has 1 fully saturated rings. The molecule has 1 heterocycles. The molecule has 3 N–H and O–H groups in total. The molecule has 0 amide bonds. The average molecular weight is 271 g/mol. The molecule has 0 bridgehead atoms. The second-order valence-electron chi connectivity index (χ2n) is 3.44. The Morgan fingerprint density at radius 2 is 1.93 bits per heavy atom. The fraction of sp³-hybridized carbons (Fsp3) is 0.300. The Morgan fingerprint density at radius 3 is 2.47 bits per heavy atom. The number of halogens is 1. The van der Waals surface area contributed by atoms with E-state index >= 15 is 0 Å². The van der Waals surface area contributed by atoms with Crippen molar-refractivity contribution in [1.82, 2.24) is 10.9 Å².